The molecule has 0 radical (unpaired) electrons. The normalized spacial score (nSPS) is 11.2. The lowest BCUT2D eigenvalue weighted by molar-refractivity contribution is -0.0474. The highest BCUT2D eigenvalue weighted by atomic mass is 28.3. The number of terminal acetylenes is 1. The van der Waals surface area contributed by atoms with Crippen LogP contribution < -0.4 is 0 Å². The van der Waals surface area contributed by atoms with Gasteiger partial charge in [0.1, 0.15) is 6.79 Å². The monoisotopic (exact) mass is 200 g/mol. The van der Waals surface area contributed by atoms with E-state index in [0.29, 0.717) is 19.8 Å². The van der Waals surface area contributed by atoms with Crippen molar-refractivity contribution in [2.24, 2.45) is 0 Å². The van der Waals surface area contributed by atoms with E-state index >= 15 is 0 Å². The Kier molecular flexibility index (Phi) is 6.97. The quantitative estimate of drug-likeness (QED) is 0.272. The fourth-order valence-electron chi connectivity index (χ4n) is 0.686. The Morgan fingerprint density at radius 3 is 2.31 bits per heavy atom. The highest BCUT2D eigenvalue weighted by Crippen LogP contribution is 2.07. The summed E-state index contributed by atoms with van der Waals surface area (Å²) in [4.78, 5) is 0. The van der Waals surface area contributed by atoms with Gasteiger partial charge >= 0.3 is 0 Å². The van der Waals surface area contributed by atoms with Crippen LogP contribution in [0.1, 0.15) is 6.42 Å². The molecule has 0 bridgehead atoms. The average molecular weight is 200 g/mol. The van der Waals surface area contributed by atoms with E-state index in [1.165, 1.54) is 6.04 Å². The summed E-state index contributed by atoms with van der Waals surface area (Å²) in [6.07, 6.45) is 5.73. The predicted molar refractivity (Wildman–Crippen MR) is 58.4 cm³/mol. The van der Waals surface area contributed by atoms with E-state index in [2.05, 4.69) is 25.6 Å². The van der Waals surface area contributed by atoms with Crippen LogP contribution in [0.15, 0.2) is 0 Å². The highest BCUT2D eigenvalue weighted by Gasteiger charge is 2.11. The molecule has 0 amide bonds. The molecule has 0 N–H and O–H groups in total. The zero-order valence-corrected chi connectivity index (χ0v) is 9.93. The Balaban J connectivity index is 3.05. The van der Waals surface area contributed by atoms with Crippen LogP contribution in [0.3, 0.4) is 0 Å². The van der Waals surface area contributed by atoms with Crippen LogP contribution in [0.2, 0.25) is 25.7 Å². The van der Waals surface area contributed by atoms with Crippen molar-refractivity contribution in [3.63, 3.8) is 0 Å². The molecule has 0 aliphatic rings. The lowest BCUT2D eigenvalue weighted by atomic mass is 10.5. The van der Waals surface area contributed by atoms with Gasteiger partial charge in [0.15, 0.2) is 0 Å². The lowest BCUT2D eigenvalue weighted by Gasteiger charge is -2.15. The third-order valence-electron chi connectivity index (χ3n) is 1.55. The first-order valence-electron chi connectivity index (χ1n) is 4.65. The Morgan fingerprint density at radius 2 is 1.77 bits per heavy atom. The number of ether oxygens (including phenoxy) is 2. The standard InChI is InChI=1S/C10H20O2Si/c1-5-6-7-11-10-12-8-9-13(2,3)4/h1H,6-10H2,2-4H3. The van der Waals surface area contributed by atoms with Gasteiger partial charge in [-0.3, -0.25) is 0 Å². The summed E-state index contributed by atoms with van der Waals surface area (Å²) in [5.74, 6) is 2.51. The molecule has 0 unspecified atom stereocenters. The Labute approximate surface area is 82.6 Å². The van der Waals surface area contributed by atoms with Gasteiger partial charge < -0.3 is 9.47 Å². The summed E-state index contributed by atoms with van der Waals surface area (Å²) in [7, 11) is -0.945. The van der Waals surface area contributed by atoms with Crippen LogP contribution in [-0.2, 0) is 9.47 Å². The van der Waals surface area contributed by atoms with Crippen molar-refractivity contribution in [3.05, 3.63) is 0 Å². The van der Waals surface area contributed by atoms with Gasteiger partial charge in [-0.15, -0.1) is 12.3 Å². The zero-order chi connectivity index (χ0) is 10.2. The molecule has 0 spiro atoms. The molecule has 0 heterocycles. The zero-order valence-electron chi connectivity index (χ0n) is 8.93. The van der Waals surface area contributed by atoms with Crippen molar-refractivity contribution in [2.45, 2.75) is 32.1 Å². The van der Waals surface area contributed by atoms with Crippen molar-refractivity contribution in [3.8, 4) is 12.3 Å². The maximum Gasteiger partial charge on any atom is 0.146 e. The molecule has 2 nitrogen and oxygen atoms in total. The molecular weight excluding hydrogens is 180 g/mol. The maximum atomic E-state index is 5.30. The smallest absolute Gasteiger partial charge is 0.146 e. The van der Waals surface area contributed by atoms with Gasteiger partial charge in [-0.1, -0.05) is 19.6 Å². The van der Waals surface area contributed by atoms with Crippen LogP contribution in [0, 0.1) is 12.3 Å². The summed E-state index contributed by atoms with van der Waals surface area (Å²) in [6.45, 7) is 8.78. The minimum atomic E-state index is -0.945. The Morgan fingerprint density at radius 1 is 1.15 bits per heavy atom. The van der Waals surface area contributed by atoms with Gasteiger partial charge in [0.25, 0.3) is 0 Å². The summed E-state index contributed by atoms with van der Waals surface area (Å²) >= 11 is 0. The molecular formula is C10H20O2Si. The largest absolute Gasteiger partial charge is 0.356 e. The van der Waals surface area contributed by atoms with Gasteiger partial charge in [0, 0.05) is 21.1 Å². The van der Waals surface area contributed by atoms with Crippen molar-refractivity contribution >= 4 is 8.07 Å². The second kappa shape index (κ2) is 7.13. The molecule has 0 rings (SSSR count). The SMILES string of the molecule is C#CCCOCOCC[Si](C)(C)C. The van der Waals surface area contributed by atoms with E-state index < -0.39 is 8.07 Å². The van der Waals surface area contributed by atoms with Crippen LogP contribution in [0.25, 0.3) is 0 Å². The summed E-state index contributed by atoms with van der Waals surface area (Å²) in [5, 5.41) is 0. The molecule has 0 fully saturated rings. The second-order valence-corrected chi connectivity index (χ2v) is 9.82. The molecule has 76 valence electrons. The maximum absolute atomic E-state index is 5.30. The summed E-state index contributed by atoms with van der Waals surface area (Å²) < 4.78 is 10.4. The Bertz CT molecular complexity index is 155. The van der Waals surface area contributed by atoms with E-state index in [1.54, 1.807) is 0 Å². The second-order valence-electron chi connectivity index (χ2n) is 4.20. The van der Waals surface area contributed by atoms with Gasteiger partial charge in [0.05, 0.1) is 6.61 Å². The van der Waals surface area contributed by atoms with Crippen molar-refractivity contribution in [2.75, 3.05) is 20.0 Å². The first-order valence-corrected chi connectivity index (χ1v) is 8.36. The van der Waals surface area contributed by atoms with Crippen LogP contribution in [-0.4, -0.2) is 28.1 Å². The molecule has 0 aromatic heterocycles. The summed E-state index contributed by atoms with van der Waals surface area (Å²) in [5.41, 5.74) is 0. The van der Waals surface area contributed by atoms with E-state index in [-0.39, 0.29) is 0 Å². The fraction of sp³-hybridized carbons (Fsp3) is 0.800. The van der Waals surface area contributed by atoms with Gasteiger partial charge in [0.2, 0.25) is 0 Å². The molecule has 0 aromatic rings. The lowest BCUT2D eigenvalue weighted by Crippen LogP contribution is -2.22. The topological polar surface area (TPSA) is 18.5 Å². The van der Waals surface area contributed by atoms with E-state index in [9.17, 15) is 0 Å². The summed E-state index contributed by atoms with van der Waals surface area (Å²) in [6, 6.07) is 1.19. The first kappa shape index (κ1) is 12.7. The van der Waals surface area contributed by atoms with Crippen LogP contribution >= 0.6 is 0 Å². The van der Waals surface area contributed by atoms with E-state index in [4.69, 9.17) is 15.9 Å². The molecule has 0 aliphatic carbocycles. The molecule has 0 saturated heterocycles. The number of hydrogen-bond acceptors (Lipinski definition) is 2. The molecule has 0 saturated carbocycles. The minimum absolute atomic E-state index is 0.381. The molecule has 0 atom stereocenters. The molecule has 3 heteroatoms. The fourth-order valence-corrected chi connectivity index (χ4v) is 1.44. The first-order chi connectivity index (χ1) is 6.06. The van der Waals surface area contributed by atoms with Crippen molar-refractivity contribution in [1.29, 1.82) is 0 Å². The van der Waals surface area contributed by atoms with Crippen molar-refractivity contribution in [1.82, 2.24) is 0 Å². The van der Waals surface area contributed by atoms with Gasteiger partial charge in [-0.25, -0.2) is 0 Å². The third-order valence-corrected chi connectivity index (χ3v) is 3.26. The number of hydrogen-bond donors (Lipinski definition) is 0. The third kappa shape index (κ3) is 11.7. The Hall–Kier alpha value is -0.303. The van der Waals surface area contributed by atoms with Crippen LogP contribution in [0.5, 0.6) is 0 Å². The van der Waals surface area contributed by atoms with E-state index in [1.807, 2.05) is 0 Å². The minimum Gasteiger partial charge on any atom is -0.356 e. The molecule has 0 aliphatic heterocycles. The van der Waals surface area contributed by atoms with Crippen LogP contribution in [0.4, 0.5) is 0 Å². The highest BCUT2D eigenvalue weighted by molar-refractivity contribution is 6.76. The predicted octanol–water partition coefficient (Wildman–Crippen LogP) is 2.34. The number of rotatable bonds is 7. The van der Waals surface area contributed by atoms with Crippen molar-refractivity contribution < 1.29 is 9.47 Å². The van der Waals surface area contributed by atoms with Gasteiger partial charge in [-0.05, 0) is 6.04 Å². The van der Waals surface area contributed by atoms with Gasteiger partial charge in [-0.2, -0.15) is 0 Å². The average Bonchev–Trinajstić information content (AvgIpc) is 2.01. The van der Waals surface area contributed by atoms with E-state index in [0.717, 1.165) is 6.61 Å². The molecule has 0 aromatic carbocycles. The molecule has 13 heavy (non-hydrogen) atoms.